The number of hydrogen-bond acceptors (Lipinski definition) is 5. The number of carbonyl (C=O) groups is 1. The summed E-state index contributed by atoms with van der Waals surface area (Å²) in [6.45, 7) is 4.28. The largest absolute Gasteiger partial charge is 0.427 e. The summed E-state index contributed by atoms with van der Waals surface area (Å²) in [6.07, 6.45) is 4.76. The maximum Gasteiger partial charge on any atom is 0.349 e. The third-order valence-corrected chi connectivity index (χ3v) is 6.22. The molecule has 2 aromatic rings. The van der Waals surface area contributed by atoms with E-state index in [0.717, 1.165) is 36.2 Å². The van der Waals surface area contributed by atoms with E-state index in [2.05, 4.69) is 10.2 Å². The molecule has 148 valence electrons. The standard InChI is InChI=1S/C21H25N3O4/c1-12-10-17(13-5-8-27-9-6-13)28-21(26)18(12)20(25)24-7-4-16-15(11-24)19(23-22-16)14-2-3-14/h10,13-14H,2-9,11H2,1H3,(H,22,23). The number of ether oxygens (including phenoxy) is 1. The third-order valence-electron chi connectivity index (χ3n) is 6.22. The maximum absolute atomic E-state index is 13.2. The summed E-state index contributed by atoms with van der Waals surface area (Å²) in [4.78, 5) is 27.6. The van der Waals surface area contributed by atoms with Crippen molar-refractivity contribution >= 4 is 5.91 Å². The molecule has 0 bridgehead atoms. The highest BCUT2D eigenvalue weighted by Crippen LogP contribution is 2.42. The van der Waals surface area contributed by atoms with Crippen molar-refractivity contribution < 1.29 is 13.9 Å². The van der Waals surface area contributed by atoms with E-state index in [1.807, 2.05) is 13.0 Å². The van der Waals surface area contributed by atoms with Crippen molar-refractivity contribution in [2.45, 2.75) is 57.4 Å². The lowest BCUT2D eigenvalue weighted by Gasteiger charge is -2.27. The second kappa shape index (κ2) is 6.88. The lowest BCUT2D eigenvalue weighted by Crippen LogP contribution is -2.38. The zero-order chi connectivity index (χ0) is 19.3. The highest BCUT2D eigenvalue weighted by atomic mass is 16.5. The number of nitrogens with zero attached hydrogens (tertiary/aromatic N) is 2. The number of hydrogen-bond donors (Lipinski definition) is 1. The molecule has 0 unspecified atom stereocenters. The second-order valence-corrected chi connectivity index (χ2v) is 8.20. The van der Waals surface area contributed by atoms with Gasteiger partial charge in [-0.1, -0.05) is 0 Å². The van der Waals surface area contributed by atoms with Crippen LogP contribution in [-0.2, 0) is 17.7 Å². The average molecular weight is 383 g/mol. The van der Waals surface area contributed by atoms with Gasteiger partial charge < -0.3 is 14.1 Å². The van der Waals surface area contributed by atoms with Crippen LogP contribution in [0.3, 0.4) is 0 Å². The Morgan fingerprint density at radius 1 is 1.21 bits per heavy atom. The Morgan fingerprint density at radius 3 is 2.71 bits per heavy atom. The van der Waals surface area contributed by atoms with Crippen LogP contribution in [0.4, 0.5) is 0 Å². The lowest BCUT2D eigenvalue weighted by molar-refractivity contribution is 0.0721. The molecule has 0 aromatic carbocycles. The molecule has 1 amide bonds. The second-order valence-electron chi connectivity index (χ2n) is 8.20. The highest BCUT2D eigenvalue weighted by molar-refractivity contribution is 5.95. The minimum Gasteiger partial charge on any atom is -0.427 e. The molecule has 2 aliphatic heterocycles. The van der Waals surface area contributed by atoms with Crippen LogP contribution in [0, 0.1) is 6.92 Å². The number of amides is 1. The first kappa shape index (κ1) is 17.7. The number of aromatic nitrogens is 2. The van der Waals surface area contributed by atoms with E-state index < -0.39 is 5.63 Å². The van der Waals surface area contributed by atoms with E-state index in [0.29, 0.717) is 43.5 Å². The average Bonchev–Trinajstić information content (AvgIpc) is 3.46. The van der Waals surface area contributed by atoms with Crippen molar-refractivity contribution in [3.8, 4) is 0 Å². The third kappa shape index (κ3) is 3.07. The summed E-state index contributed by atoms with van der Waals surface area (Å²) in [5, 5.41) is 7.61. The van der Waals surface area contributed by atoms with Gasteiger partial charge in [-0.25, -0.2) is 4.79 Å². The van der Waals surface area contributed by atoms with Gasteiger partial charge in [-0.2, -0.15) is 5.10 Å². The summed E-state index contributed by atoms with van der Waals surface area (Å²) in [7, 11) is 0. The van der Waals surface area contributed by atoms with Gasteiger partial charge in [-0.05, 0) is 44.2 Å². The summed E-state index contributed by atoms with van der Waals surface area (Å²) >= 11 is 0. The van der Waals surface area contributed by atoms with Crippen LogP contribution in [0.25, 0.3) is 0 Å². The molecule has 7 nitrogen and oxygen atoms in total. The Balaban J connectivity index is 1.40. The van der Waals surface area contributed by atoms with Gasteiger partial charge in [-0.3, -0.25) is 9.89 Å². The normalized spacial score (nSPS) is 20.2. The topological polar surface area (TPSA) is 88.4 Å². The monoisotopic (exact) mass is 383 g/mol. The van der Waals surface area contributed by atoms with E-state index >= 15 is 0 Å². The lowest BCUT2D eigenvalue weighted by atomic mass is 9.95. The number of aromatic amines is 1. The summed E-state index contributed by atoms with van der Waals surface area (Å²) in [5.74, 6) is 1.15. The maximum atomic E-state index is 13.2. The van der Waals surface area contributed by atoms with Crippen molar-refractivity contribution in [2.24, 2.45) is 0 Å². The number of rotatable bonds is 3. The minimum absolute atomic E-state index is 0.163. The Morgan fingerprint density at radius 2 is 2.00 bits per heavy atom. The van der Waals surface area contributed by atoms with Gasteiger partial charge in [0.15, 0.2) is 0 Å². The van der Waals surface area contributed by atoms with Gasteiger partial charge in [0, 0.05) is 55.8 Å². The quantitative estimate of drug-likeness (QED) is 0.880. The Labute approximate surface area is 163 Å². The van der Waals surface area contributed by atoms with Crippen molar-refractivity contribution in [1.82, 2.24) is 15.1 Å². The summed E-state index contributed by atoms with van der Waals surface area (Å²) in [5.41, 5.74) is 3.71. The molecule has 2 fully saturated rings. The van der Waals surface area contributed by atoms with E-state index in [4.69, 9.17) is 9.15 Å². The number of carbonyl (C=O) groups excluding carboxylic acids is 1. The number of fused-ring (bicyclic) bond motifs is 1. The molecule has 1 aliphatic carbocycles. The van der Waals surface area contributed by atoms with E-state index in [9.17, 15) is 9.59 Å². The molecule has 7 heteroatoms. The molecule has 5 rings (SSSR count). The predicted molar refractivity (Wildman–Crippen MR) is 102 cm³/mol. The van der Waals surface area contributed by atoms with Crippen LogP contribution in [-0.4, -0.2) is 40.8 Å². The molecule has 1 saturated carbocycles. The SMILES string of the molecule is Cc1cc(C2CCOCC2)oc(=O)c1C(=O)N1CCc2[nH]nc(C3CC3)c2C1. The van der Waals surface area contributed by atoms with Crippen LogP contribution in [0.15, 0.2) is 15.3 Å². The number of nitrogens with one attached hydrogen (secondary N) is 1. The van der Waals surface area contributed by atoms with Crippen LogP contribution in [0.5, 0.6) is 0 Å². The van der Waals surface area contributed by atoms with Gasteiger partial charge in [0.25, 0.3) is 5.91 Å². The van der Waals surface area contributed by atoms with Crippen molar-refractivity contribution in [3.63, 3.8) is 0 Å². The van der Waals surface area contributed by atoms with Gasteiger partial charge in [0.05, 0.1) is 5.69 Å². The van der Waals surface area contributed by atoms with Crippen LogP contribution in [0.1, 0.15) is 76.2 Å². The van der Waals surface area contributed by atoms with E-state index in [1.54, 1.807) is 4.90 Å². The van der Waals surface area contributed by atoms with Crippen LogP contribution < -0.4 is 5.63 Å². The van der Waals surface area contributed by atoms with Gasteiger partial charge >= 0.3 is 5.63 Å². The Kier molecular flexibility index (Phi) is 4.34. The smallest absolute Gasteiger partial charge is 0.349 e. The zero-order valence-corrected chi connectivity index (χ0v) is 16.1. The molecular formula is C21H25N3O4. The molecule has 0 spiro atoms. The molecule has 1 saturated heterocycles. The zero-order valence-electron chi connectivity index (χ0n) is 16.1. The van der Waals surface area contributed by atoms with Crippen molar-refractivity contribution in [1.29, 1.82) is 0 Å². The fraction of sp³-hybridized carbons (Fsp3) is 0.571. The van der Waals surface area contributed by atoms with E-state index in [-0.39, 0.29) is 17.4 Å². The van der Waals surface area contributed by atoms with E-state index in [1.165, 1.54) is 12.8 Å². The highest BCUT2D eigenvalue weighted by Gasteiger charge is 2.34. The summed E-state index contributed by atoms with van der Waals surface area (Å²) < 4.78 is 11.0. The molecule has 1 N–H and O–H groups in total. The van der Waals surface area contributed by atoms with Gasteiger partial charge in [0.1, 0.15) is 11.3 Å². The van der Waals surface area contributed by atoms with Gasteiger partial charge in [-0.15, -0.1) is 0 Å². The van der Waals surface area contributed by atoms with Gasteiger partial charge in [0.2, 0.25) is 0 Å². The molecule has 3 aliphatic rings. The molecule has 2 aromatic heterocycles. The first-order valence-corrected chi connectivity index (χ1v) is 10.2. The molecule has 0 atom stereocenters. The minimum atomic E-state index is -0.521. The number of aryl methyl sites for hydroxylation is 1. The molecule has 0 radical (unpaired) electrons. The van der Waals surface area contributed by atoms with Crippen molar-refractivity contribution in [2.75, 3.05) is 19.8 Å². The fourth-order valence-electron chi connectivity index (χ4n) is 4.42. The molecule has 28 heavy (non-hydrogen) atoms. The predicted octanol–water partition coefficient (Wildman–Crippen LogP) is 2.64. The van der Waals surface area contributed by atoms with Crippen LogP contribution in [0.2, 0.25) is 0 Å². The van der Waals surface area contributed by atoms with Crippen molar-refractivity contribution in [3.05, 3.63) is 50.3 Å². The Bertz CT molecular complexity index is 967. The molecular weight excluding hydrogens is 358 g/mol. The van der Waals surface area contributed by atoms with Crippen LogP contribution >= 0.6 is 0 Å². The summed E-state index contributed by atoms with van der Waals surface area (Å²) in [6, 6.07) is 1.87. The Hall–Kier alpha value is -2.41. The first-order chi connectivity index (χ1) is 13.6. The number of H-pyrrole nitrogens is 1. The molecule has 4 heterocycles. The fourth-order valence-corrected chi connectivity index (χ4v) is 4.42. The first-order valence-electron chi connectivity index (χ1n) is 10.2.